The fourth-order valence-electron chi connectivity index (χ4n) is 3.73. The number of benzene rings is 1. The van der Waals surface area contributed by atoms with E-state index in [1.807, 2.05) is 6.07 Å². The van der Waals surface area contributed by atoms with E-state index in [9.17, 15) is 4.39 Å². The number of hydrogen-bond donors (Lipinski definition) is 1. The van der Waals surface area contributed by atoms with Gasteiger partial charge in [0.2, 0.25) is 0 Å². The minimum absolute atomic E-state index is 0.136. The molecule has 2 nitrogen and oxygen atoms in total. The fourth-order valence-corrected chi connectivity index (χ4v) is 3.73. The van der Waals surface area contributed by atoms with Crippen LogP contribution in [-0.2, 0) is 11.2 Å². The van der Waals surface area contributed by atoms with Crippen LogP contribution in [0.25, 0.3) is 0 Å². The first kappa shape index (κ1) is 12.1. The van der Waals surface area contributed by atoms with Crippen molar-refractivity contribution in [3.63, 3.8) is 0 Å². The van der Waals surface area contributed by atoms with Gasteiger partial charge in [0.25, 0.3) is 0 Å². The molecular formula is C15H20FNO. The molecule has 0 aliphatic carbocycles. The van der Waals surface area contributed by atoms with Crippen molar-refractivity contribution in [1.29, 1.82) is 0 Å². The number of halogens is 1. The Balaban J connectivity index is 1.75. The van der Waals surface area contributed by atoms with Crippen LogP contribution in [0.1, 0.15) is 31.2 Å². The summed E-state index contributed by atoms with van der Waals surface area (Å²) in [5.41, 5.74) is 1.45. The Kier molecular flexibility index (Phi) is 2.91. The molecule has 0 radical (unpaired) electrons. The van der Waals surface area contributed by atoms with E-state index in [4.69, 9.17) is 4.74 Å². The van der Waals surface area contributed by atoms with Gasteiger partial charge in [-0.05, 0) is 49.8 Å². The molecule has 1 N–H and O–H groups in total. The lowest BCUT2D eigenvalue weighted by atomic mass is 9.79. The van der Waals surface area contributed by atoms with Crippen molar-refractivity contribution in [1.82, 2.24) is 5.32 Å². The molecule has 2 aliphatic heterocycles. The molecule has 0 saturated carbocycles. The smallest absolute Gasteiger partial charge is 0.123 e. The zero-order chi connectivity index (χ0) is 12.6. The molecule has 2 saturated heterocycles. The van der Waals surface area contributed by atoms with E-state index in [1.165, 1.54) is 31.7 Å². The van der Waals surface area contributed by atoms with E-state index in [1.54, 1.807) is 19.2 Å². The molecular weight excluding hydrogens is 229 g/mol. The van der Waals surface area contributed by atoms with Gasteiger partial charge >= 0.3 is 0 Å². The Labute approximate surface area is 108 Å². The highest BCUT2D eigenvalue weighted by Gasteiger charge is 2.53. The summed E-state index contributed by atoms with van der Waals surface area (Å²) in [6.07, 6.45) is 5.63. The first-order valence-corrected chi connectivity index (χ1v) is 6.68. The maximum absolute atomic E-state index is 13.2. The van der Waals surface area contributed by atoms with Crippen molar-refractivity contribution in [2.24, 2.45) is 0 Å². The van der Waals surface area contributed by atoms with E-state index in [-0.39, 0.29) is 16.9 Å². The number of hydrogen-bond acceptors (Lipinski definition) is 2. The average Bonchev–Trinajstić information content (AvgIpc) is 2.84. The Bertz CT molecular complexity index is 438. The topological polar surface area (TPSA) is 21.3 Å². The average molecular weight is 249 g/mol. The third-order valence-electron chi connectivity index (χ3n) is 4.55. The molecule has 1 aromatic rings. The summed E-state index contributed by atoms with van der Waals surface area (Å²) in [5.74, 6) is -0.136. The highest BCUT2D eigenvalue weighted by atomic mass is 19.1. The van der Waals surface area contributed by atoms with Gasteiger partial charge in [0, 0.05) is 18.2 Å². The zero-order valence-electron chi connectivity index (χ0n) is 10.8. The van der Waals surface area contributed by atoms with E-state index < -0.39 is 0 Å². The van der Waals surface area contributed by atoms with Gasteiger partial charge in [-0.3, -0.25) is 0 Å². The van der Waals surface area contributed by atoms with E-state index >= 15 is 0 Å². The second-order valence-electron chi connectivity index (χ2n) is 5.93. The third kappa shape index (κ3) is 2.06. The molecule has 98 valence electrons. The molecule has 2 bridgehead atoms. The molecule has 2 heterocycles. The molecule has 0 atom stereocenters. The Hall–Kier alpha value is -0.930. The second kappa shape index (κ2) is 4.32. The number of fused-ring (bicyclic) bond motifs is 2. The largest absolute Gasteiger partial charge is 0.383 e. The number of rotatable bonds is 4. The predicted molar refractivity (Wildman–Crippen MR) is 69.0 cm³/mol. The fraction of sp³-hybridized carbons (Fsp3) is 0.600. The summed E-state index contributed by atoms with van der Waals surface area (Å²) in [5, 5.41) is 3.78. The molecule has 2 aliphatic rings. The predicted octanol–water partition coefficient (Wildman–Crippen LogP) is 2.67. The van der Waals surface area contributed by atoms with Crippen LogP contribution in [0.5, 0.6) is 0 Å². The highest BCUT2D eigenvalue weighted by molar-refractivity contribution is 5.23. The zero-order valence-corrected chi connectivity index (χ0v) is 10.8. The van der Waals surface area contributed by atoms with Crippen LogP contribution in [0.2, 0.25) is 0 Å². The summed E-state index contributed by atoms with van der Waals surface area (Å²) in [7, 11) is 1.77. The lowest BCUT2D eigenvalue weighted by Gasteiger charge is -2.26. The summed E-state index contributed by atoms with van der Waals surface area (Å²) < 4.78 is 18.6. The van der Waals surface area contributed by atoms with E-state index in [0.717, 1.165) is 18.6 Å². The SMILES string of the molecule is COCC12CCC(Cc3cccc(F)c3)(CC1)N2. The van der Waals surface area contributed by atoms with Crippen molar-refractivity contribution in [2.75, 3.05) is 13.7 Å². The van der Waals surface area contributed by atoms with Gasteiger partial charge in [-0.25, -0.2) is 4.39 Å². The van der Waals surface area contributed by atoms with Crippen molar-refractivity contribution in [3.05, 3.63) is 35.6 Å². The van der Waals surface area contributed by atoms with Gasteiger partial charge in [-0.2, -0.15) is 0 Å². The normalized spacial score (nSPS) is 34.1. The Morgan fingerprint density at radius 1 is 1.22 bits per heavy atom. The van der Waals surface area contributed by atoms with E-state index in [0.29, 0.717) is 0 Å². The lowest BCUT2D eigenvalue weighted by Crippen LogP contribution is -2.46. The first-order valence-electron chi connectivity index (χ1n) is 6.68. The first-order chi connectivity index (χ1) is 8.65. The van der Waals surface area contributed by atoms with Crippen LogP contribution in [0, 0.1) is 5.82 Å². The molecule has 1 aromatic carbocycles. The Morgan fingerprint density at radius 3 is 2.61 bits per heavy atom. The van der Waals surface area contributed by atoms with Crippen LogP contribution in [-0.4, -0.2) is 24.8 Å². The van der Waals surface area contributed by atoms with Gasteiger partial charge in [0.05, 0.1) is 6.61 Å². The molecule has 2 fully saturated rings. The van der Waals surface area contributed by atoms with Crippen LogP contribution in [0.4, 0.5) is 4.39 Å². The molecule has 0 amide bonds. The highest BCUT2D eigenvalue weighted by Crippen LogP contribution is 2.46. The number of ether oxygens (including phenoxy) is 1. The van der Waals surface area contributed by atoms with Gasteiger partial charge in [-0.15, -0.1) is 0 Å². The molecule has 0 aromatic heterocycles. The number of nitrogens with one attached hydrogen (secondary N) is 1. The van der Waals surface area contributed by atoms with Crippen molar-refractivity contribution < 1.29 is 9.13 Å². The van der Waals surface area contributed by atoms with Gasteiger partial charge in [0.15, 0.2) is 0 Å². The summed E-state index contributed by atoms with van der Waals surface area (Å²) in [6.45, 7) is 0.790. The van der Waals surface area contributed by atoms with Crippen LogP contribution in [0.15, 0.2) is 24.3 Å². The summed E-state index contributed by atoms with van der Waals surface area (Å²) in [6, 6.07) is 6.99. The third-order valence-corrected chi connectivity index (χ3v) is 4.55. The summed E-state index contributed by atoms with van der Waals surface area (Å²) in [4.78, 5) is 0. The number of methoxy groups -OCH3 is 1. The standard InChI is InChI=1S/C15H20FNO/c1-18-11-15-7-5-14(17-15,6-8-15)10-12-3-2-4-13(16)9-12/h2-4,9,17H,5-8,10-11H2,1H3. The van der Waals surface area contributed by atoms with Gasteiger partial charge < -0.3 is 10.1 Å². The second-order valence-corrected chi connectivity index (χ2v) is 5.93. The maximum Gasteiger partial charge on any atom is 0.123 e. The molecule has 3 rings (SSSR count). The van der Waals surface area contributed by atoms with Crippen molar-refractivity contribution >= 4 is 0 Å². The maximum atomic E-state index is 13.2. The minimum Gasteiger partial charge on any atom is -0.383 e. The molecule has 0 spiro atoms. The quantitative estimate of drug-likeness (QED) is 0.885. The van der Waals surface area contributed by atoms with Crippen molar-refractivity contribution in [3.8, 4) is 0 Å². The molecule has 3 heteroatoms. The minimum atomic E-state index is -0.136. The lowest BCUT2D eigenvalue weighted by molar-refractivity contribution is 0.123. The van der Waals surface area contributed by atoms with Crippen LogP contribution < -0.4 is 5.32 Å². The van der Waals surface area contributed by atoms with E-state index in [2.05, 4.69) is 5.32 Å². The van der Waals surface area contributed by atoms with Crippen LogP contribution >= 0.6 is 0 Å². The molecule has 18 heavy (non-hydrogen) atoms. The summed E-state index contributed by atoms with van der Waals surface area (Å²) >= 11 is 0. The monoisotopic (exact) mass is 249 g/mol. The van der Waals surface area contributed by atoms with Crippen LogP contribution in [0.3, 0.4) is 0 Å². The Morgan fingerprint density at radius 2 is 1.94 bits per heavy atom. The van der Waals surface area contributed by atoms with Crippen molar-refractivity contribution in [2.45, 2.75) is 43.2 Å². The van der Waals surface area contributed by atoms with Gasteiger partial charge in [-0.1, -0.05) is 12.1 Å². The van der Waals surface area contributed by atoms with Gasteiger partial charge in [0.1, 0.15) is 5.82 Å². The molecule has 0 unspecified atom stereocenters.